The third kappa shape index (κ3) is 4.07. The van der Waals surface area contributed by atoms with E-state index in [2.05, 4.69) is 19.2 Å². The van der Waals surface area contributed by atoms with Crippen LogP contribution in [0.5, 0.6) is 0 Å². The lowest BCUT2D eigenvalue weighted by Gasteiger charge is -2.47. The van der Waals surface area contributed by atoms with Crippen LogP contribution in [0.15, 0.2) is 47.3 Å². The van der Waals surface area contributed by atoms with Gasteiger partial charge in [0.25, 0.3) is 5.56 Å². The van der Waals surface area contributed by atoms with Gasteiger partial charge in [0.05, 0.1) is 0 Å². The van der Waals surface area contributed by atoms with E-state index in [-0.39, 0.29) is 35.3 Å². The number of aromatic nitrogens is 1. The molecule has 0 spiro atoms. The van der Waals surface area contributed by atoms with E-state index in [4.69, 9.17) is 0 Å². The number of amides is 2. The predicted octanol–water partition coefficient (Wildman–Crippen LogP) is 4.62. The van der Waals surface area contributed by atoms with Crippen molar-refractivity contribution in [1.29, 1.82) is 0 Å². The molecule has 5 nitrogen and oxygen atoms in total. The highest BCUT2D eigenvalue weighted by Gasteiger charge is 2.41. The summed E-state index contributed by atoms with van der Waals surface area (Å²) in [6.45, 7) is 5.62. The molecule has 3 atom stereocenters. The van der Waals surface area contributed by atoms with E-state index in [1.54, 1.807) is 18.2 Å². The zero-order valence-corrected chi connectivity index (χ0v) is 17.0. The zero-order valence-electron chi connectivity index (χ0n) is 17.0. The van der Waals surface area contributed by atoms with Crippen molar-refractivity contribution in [2.45, 2.75) is 45.1 Å². The van der Waals surface area contributed by atoms with Crippen molar-refractivity contribution in [2.24, 2.45) is 11.8 Å². The molecule has 2 bridgehead atoms. The zero-order chi connectivity index (χ0) is 20.5. The number of hydrogen-bond donors (Lipinski definition) is 1. The molecule has 1 aromatic carbocycles. The molecule has 1 N–H and O–H groups in total. The fourth-order valence-corrected chi connectivity index (χ4v) is 4.82. The van der Waals surface area contributed by atoms with Crippen LogP contribution in [0.25, 0.3) is 0 Å². The fraction of sp³-hybridized carbons (Fsp3) is 0.478. The number of carbonyl (C=O) groups excluding carboxylic acids is 1. The first-order valence-electron chi connectivity index (χ1n) is 10.5. The highest BCUT2D eigenvalue weighted by atomic mass is 19.1. The number of nitrogens with one attached hydrogen (secondary N) is 1. The summed E-state index contributed by atoms with van der Waals surface area (Å²) in [4.78, 5) is 27.4. The van der Waals surface area contributed by atoms with Crippen LogP contribution in [0.2, 0.25) is 0 Å². The van der Waals surface area contributed by atoms with E-state index in [0.717, 1.165) is 25.0 Å². The van der Waals surface area contributed by atoms with Gasteiger partial charge in [-0.3, -0.25) is 4.79 Å². The molecule has 2 aliphatic rings. The number of nitrogens with zero attached hydrogens (tertiary/aromatic N) is 2. The molecule has 0 saturated carbocycles. The van der Waals surface area contributed by atoms with Gasteiger partial charge in [-0.15, -0.1) is 0 Å². The van der Waals surface area contributed by atoms with Crippen LogP contribution in [0.4, 0.5) is 14.9 Å². The second kappa shape index (κ2) is 8.01. The first-order chi connectivity index (χ1) is 13.9. The summed E-state index contributed by atoms with van der Waals surface area (Å²) in [5, 5.41) is 2.88. The number of likely N-dealkylation sites (tertiary alicyclic amines) is 1. The lowest BCUT2D eigenvalue weighted by molar-refractivity contribution is 0.105. The molecule has 4 rings (SSSR count). The summed E-state index contributed by atoms with van der Waals surface area (Å²) < 4.78 is 15.1. The van der Waals surface area contributed by atoms with Gasteiger partial charge in [-0.2, -0.15) is 0 Å². The van der Waals surface area contributed by atoms with Gasteiger partial charge >= 0.3 is 6.03 Å². The minimum absolute atomic E-state index is 0.0650. The first-order valence-corrected chi connectivity index (χ1v) is 10.5. The summed E-state index contributed by atoms with van der Waals surface area (Å²) in [5.41, 5.74) is 1.69. The number of fused-ring (bicyclic) bond motifs is 4. The number of halogens is 1. The number of urea groups is 1. The third-order valence-electron chi connectivity index (χ3n) is 6.22. The average Bonchev–Trinajstić information content (AvgIpc) is 2.69. The lowest BCUT2D eigenvalue weighted by Crippen LogP contribution is -2.52. The summed E-state index contributed by atoms with van der Waals surface area (Å²) in [6, 6.07) is 11.3. The summed E-state index contributed by atoms with van der Waals surface area (Å²) in [7, 11) is 0. The number of anilines is 1. The van der Waals surface area contributed by atoms with E-state index < -0.39 is 0 Å². The summed E-state index contributed by atoms with van der Waals surface area (Å²) in [6.07, 6.45) is 3.00. The second-order valence-electron chi connectivity index (χ2n) is 8.73. The molecule has 1 aromatic heterocycles. The van der Waals surface area contributed by atoms with Gasteiger partial charge in [0.2, 0.25) is 0 Å². The minimum atomic E-state index is -0.328. The second-order valence-corrected chi connectivity index (χ2v) is 8.73. The van der Waals surface area contributed by atoms with Crippen LogP contribution in [0.1, 0.15) is 50.8 Å². The molecule has 29 heavy (non-hydrogen) atoms. The Balaban J connectivity index is 1.58. The minimum Gasteiger partial charge on any atom is -0.324 e. The van der Waals surface area contributed by atoms with Crippen molar-refractivity contribution in [2.75, 3.05) is 18.4 Å². The van der Waals surface area contributed by atoms with Gasteiger partial charge < -0.3 is 14.8 Å². The lowest BCUT2D eigenvalue weighted by atomic mass is 9.76. The maximum atomic E-state index is 13.1. The van der Waals surface area contributed by atoms with Crippen molar-refractivity contribution < 1.29 is 9.18 Å². The van der Waals surface area contributed by atoms with E-state index in [9.17, 15) is 14.0 Å². The molecule has 1 fully saturated rings. The highest BCUT2D eigenvalue weighted by molar-refractivity contribution is 5.89. The van der Waals surface area contributed by atoms with Gasteiger partial charge in [0.1, 0.15) is 5.82 Å². The van der Waals surface area contributed by atoms with Gasteiger partial charge in [0, 0.05) is 42.5 Å². The molecule has 3 heterocycles. The van der Waals surface area contributed by atoms with Crippen LogP contribution < -0.4 is 10.9 Å². The van der Waals surface area contributed by atoms with Crippen LogP contribution >= 0.6 is 0 Å². The molecule has 2 aliphatic heterocycles. The molecule has 2 aromatic rings. The molecular formula is C23H28FN3O2. The van der Waals surface area contributed by atoms with Crippen LogP contribution in [0, 0.1) is 17.7 Å². The third-order valence-corrected chi connectivity index (χ3v) is 6.22. The van der Waals surface area contributed by atoms with E-state index in [0.29, 0.717) is 24.7 Å². The Morgan fingerprint density at radius 2 is 1.93 bits per heavy atom. The van der Waals surface area contributed by atoms with Crippen LogP contribution in [-0.2, 0) is 0 Å². The number of benzene rings is 1. The van der Waals surface area contributed by atoms with Crippen molar-refractivity contribution in [3.63, 3.8) is 0 Å². The number of pyridine rings is 1. The Morgan fingerprint density at radius 1 is 1.17 bits per heavy atom. The van der Waals surface area contributed by atoms with E-state index in [1.165, 1.54) is 12.1 Å². The van der Waals surface area contributed by atoms with Gasteiger partial charge in [-0.25, -0.2) is 9.18 Å². The Bertz CT molecular complexity index is 938. The van der Waals surface area contributed by atoms with Gasteiger partial charge in [-0.05, 0) is 61.4 Å². The van der Waals surface area contributed by atoms with E-state index >= 15 is 0 Å². The highest BCUT2D eigenvalue weighted by Crippen LogP contribution is 2.43. The average molecular weight is 397 g/mol. The monoisotopic (exact) mass is 397 g/mol. The maximum absolute atomic E-state index is 13.1. The Morgan fingerprint density at radius 3 is 2.66 bits per heavy atom. The standard InChI is InChI=1S/C23H28FN3O2/c1-15(2)6-11-21-17-12-16(20-4-3-5-22(28)27(20)21)13-26(14-17)23(29)25-19-9-7-18(24)8-10-19/h3-5,7-10,15-17,21H,6,11-14H2,1-2H3,(H,25,29)/t16-,17+,21+/m1/s1. The largest absolute Gasteiger partial charge is 0.324 e. The first kappa shape index (κ1) is 19.7. The topological polar surface area (TPSA) is 54.3 Å². The smallest absolute Gasteiger partial charge is 0.321 e. The van der Waals surface area contributed by atoms with Crippen molar-refractivity contribution in [3.05, 3.63) is 64.3 Å². The number of carbonyl (C=O) groups is 1. The van der Waals surface area contributed by atoms with Crippen molar-refractivity contribution in [1.82, 2.24) is 9.47 Å². The Hall–Kier alpha value is -2.63. The fourth-order valence-electron chi connectivity index (χ4n) is 4.82. The van der Waals surface area contributed by atoms with Crippen LogP contribution in [0.3, 0.4) is 0 Å². The Kier molecular flexibility index (Phi) is 5.43. The SMILES string of the molecule is CC(C)CC[C@H]1[C@H]2C[C@H](CN(C(=O)Nc3ccc(F)cc3)C2)c2cccc(=O)n21. The van der Waals surface area contributed by atoms with Crippen molar-refractivity contribution >= 4 is 11.7 Å². The molecule has 6 heteroatoms. The maximum Gasteiger partial charge on any atom is 0.321 e. The molecule has 0 aliphatic carbocycles. The molecule has 0 unspecified atom stereocenters. The molecule has 154 valence electrons. The molecule has 2 amide bonds. The molecular weight excluding hydrogens is 369 g/mol. The normalized spacial score (nSPS) is 23.0. The number of rotatable bonds is 4. The van der Waals surface area contributed by atoms with Crippen molar-refractivity contribution in [3.8, 4) is 0 Å². The van der Waals surface area contributed by atoms with Gasteiger partial charge in [0.15, 0.2) is 0 Å². The van der Waals surface area contributed by atoms with Crippen LogP contribution in [-0.4, -0.2) is 28.6 Å². The molecule has 1 saturated heterocycles. The quantitative estimate of drug-likeness (QED) is 0.819. The molecule has 0 radical (unpaired) electrons. The number of hydrogen-bond acceptors (Lipinski definition) is 2. The van der Waals surface area contributed by atoms with E-state index in [1.807, 2.05) is 21.6 Å². The Labute approximate surface area is 170 Å². The summed E-state index contributed by atoms with van der Waals surface area (Å²) in [5.74, 6) is 0.665. The number of piperidine rings is 1. The predicted molar refractivity (Wildman–Crippen MR) is 112 cm³/mol. The van der Waals surface area contributed by atoms with Gasteiger partial charge in [-0.1, -0.05) is 19.9 Å². The summed E-state index contributed by atoms with van der Waals surface area (Å²) >= 11 is 0.